The number of hydrogen-bond acceptors (Lipinski definition) is 4. The smallest absolute Gasteiger partial charge is 0.243 e. The number of benzene rings is 2. The Morgan fingerprint density at radius 2 is 1.74 bits per heavy atom. The summed E-state index contributed by atoms with van der Waals surface area (Å²) in [6.07, 6.45) is 1.58. The Bertz CT molecular complexity index is 951. The molecule has 4 rings (SSSR count). The first-order chi connectivity index (χ1) is 12.9. The first-order valence-electron chi connectivity index (χ1n) is 9.06. The molecule has 2 heterocycles. The van der Waals surface area contributed by atoms with E-state index in [2.05, 4.69) is 0 Å². The molecular weight excluding hydrogens is 364 g/mol. The van der Waals surface area contributed by atoms with Gasteiger partial charge in [-0.2, -0.15) is 4.31 Å². The maximum absolute atomic E-state index is 13.0. The number of amides is 1. The van der Waals surface area contributed by atoms with Gasteiger partial charge >= 0.3 is 0 Å². The summed E-state index contributed by atoms with van der Waals surface area (Å²) in [5.41, 5.74) is 1.56. The van der Waals surface area contributed by atoms with E-state index in [1.807, 2.05) is 30.3 Å². The van der Waals surface area contributed by atoms with Crippen LogP contribution in [-0.2, 0) is 21.2 Å². The topological polar surface area (TPSA) is 66.9 Å². The van der Waals surface area contributed by atoms with Gasteiger partial charge in [0.05, 0.1) is 11.3 Å². The minimum absolute atomic E-state index is 0.0153. The molecule has 0 saturated carbocycles. The fourth-order valence-corrected chi connectivity index (χ4v) is 5.16. The maximum atomic E-state index is 13.0. The average Bonchev–Trinajstić information content (AvgIpc) is 2.96. The zero-order valence-electron chi connectivity index (χ0n) is 15.2. The molecule has 0 N–H and O–H groups in total. The molecule has 7 heteroatoms. The van der Waals surface area contributed by atoms with Gasteiger partial charge in [-0.05, 0) is 48.7 Å². The van der Waals surface area contributed by atoms with Crippen molar-refractivity contribution < 1.29 is 17.9 Å². The fraction of sp³-hybridized carbons (Fsp3) is 0.350. The number of rotatable bonds is 4. The zero-order chi connectivity index (χ0) is 19.0. The van der Waals surface area contributed by atoms with Gasteiger partial charge in [-0.1, -0.05) is 18.2 Å². The van der Waals surface area contributed by atoms with Crippen molar-refractivity contribution in [1.29, 1.82) is 0 Å². The molecule has 1 fully saturated rings. The Morgan fingerprint density at radius 3 is 2.44 bits per heavy atom. The van der Waals surface area contributed by atoms with E-state index in [-0.39, 0.29) is 23.3 Å². The molecule has 142 valence electrons. The lowest BCUT2D eigenvalue weighted by molar-refractivity contribution is -0.117. The maximum Gasteiger partial charge on any atom is 0.243 e. The van der Waals surface area contributed by atoms with Gasteiger partial charge < -0.3 is 9.64 Å². The molecule has 0 unspecified atom stereocenters. The first-order valence-corrected chi connectivity index (χ1v) is 10.5. The third-order valence-corrected chi connectivity index (χ3v) is 7.11. The average molecular weight is 386 g/mol. The number of anilines is 1. The second-order valence-corrected chi connectivity index (χ2v) is 8.89. The van der Waals surface area contributed by atoms with Crippen LogP contribution in [0, 0.1) is 0 Å². The highest BCUT2D eigenvalue weighted by atomic mass is 32.2. The van der Waals surface area contributed by atoms with Crippen LogP contribution in [0.5, 0.6) is 5.75 Å². The minimum atomic E-state index is -3.57. The molecule has 27 heavy (non-hydrogen) atoms. The van der Waals surface area contributed by atoms with E-state index in [1.165, 1.54) is 4.31 Å². The van der Waals surface area contributed by atoms with Crippen LogP contribution >= 0.6 is 0 Å². The van der Waals surface area contributed by atoms with E-state index in [4.69, 9.17) is 4.74 Å². The number of sulfonamides is 1. The van der Waals surface area contributed by atoms with E-state index in [9.17, 15) is 13.2 Å². The Morgan fingerprint density at radius 1 is 1.04 bits per heavy atom. The first kappa shape index (κ1) is 18.0. The number of para-hydroxylation sites is 1. The number of carbonyl (C=O) groups is 1. The van der Waals surface area contributed by atoms with Crippen molar-refractivity contribution in [3.63, 3.8) is 0 Å². The molecule has 0 spiro atoms. The summed E-state index contributed by atoms with van der Waals surface area (Å²) in [5, 5.41) is 0. The molecule has 2 aliphatic rings. The number of ether oxygens (including phenoxy) is 1. The molecule has 0 bridgehead atoms. The molecule has 1 amide bonds. The summed E-state index contributed by atoms with van der Waals surface area (Å²) in [6, 6.07) is 14.5. The normalized spacial score (nSPS) is 18.6. The lowest BCUT2D eigenvalue weighted by Crippen LogP contribution is -2.41. The van der Waals surface area contributed by atoms with Gasteiger partial charge in [0.2, 0.25) is 15.9 Å². The Kier molecular flexibility index (Phi) is 4.65. The van der Waals surface area contributed by atoms with Crippen LogP contribution < -0.4 is 9.64 Å². The standard InChI is InChI=1S/C20H22N2O4S/c1-21-19-8-7-18(13-15(19)14-20(21)23)27(24,25)22-11-9-17(10-12-22)26-16-5-3-2-4-6-16/h2-8,13,17H,9-12,14H2,1H3. The number of piperidine rings is 1. The third-order valence-electron chi connectivity index (χ3n) is 5.21. The van der Waals surface area contributed by atoms with E-state index in [1.54, 1.807) is 30.1 Å². The molecule has 2 aromatic rings. The van der Waals surface area contributed by atoms with E-state index >= 15 is 0 Å². The molecule has 6 nitrogen and oxygen atoms in total. The van der Waals surface area contributed by atoms with E-state index in [0.717, 1.165) is 17.0 Å². The van der Waals surface area contributed by atoms with Crippen molar-refractivity contribution >= 4 is 21.6 Å². The number of hydrogen-bond donors (Lipinski definition) is 0. The zero-order valence-corrected chi connectivity index (χ0v) is 16.0. The summed E-state index contributed by atoms with van der Waals surface area (Å²) >= 11 is 0. The molecule has 0 atom stereocenters. The number of carbonyl (C=O) groups excluding carboxylic acids is 1. The Balaban J connectivity index is 1.45. The monoisotopic (exact) mass is 386 g/mol. The van der Waals surface area contributed by atoms with Crippen molar-refractivity contribution in [3.8, 4) is 5.75 Å². The Hall–Kier alpha value is -2.38. The molecule has 0 aromatic heterocycles. The van der Waals surface area contributed by atoms with Crippen molar-refractivity contribution in [2.75, 3.05) is 25.0 Å². The van der Waals surface area contributed by atoms with Crippen LogP contribution in [0.3, 0.4) is 0 Å². The van der Waals surface area contributed by atoms with Crippen LogP contribution in [0.25, 0.3) is 0 Å². The molecular formula is C20H22N2O4S. The van der Waals surface area contributed by atoms with Gasteiger partial charge in [0, 0.05) is 25.8 Å². The molecule has 1 saturated heterocycles. The fourth-order valence-electron chi connectivity index (χ4n) is 3.64. The summed E-state index contributed by atoms with van der Waals surface area (Å²) in [6.45, 7) is 0.853. The van der Waals surface area contributed by atoms with Crippen LogP contribution in [0.1, 0.15) is 18.4 Å². The minimum Gasteiger partial charge on any atom is -0.490 e. The summed E-state index contributed by atoms with van der Waals surface area (Å²) in [7, 11) is -1.86. The second kappa shape index (κ2) is 6.98. The van der Waals surface area contributed by atoms with Crippen LogP contribution in [0.15, 0.2) is 53.4 Å². The third kappa shape index (κ3) is 3.44. The van der Waals surface area contributed by atoms with Crippen LogP contribution in [0.4, 0.5) is 5.69 Å². The van der Waals surface area contributed by atoms with Crippen molar-refractivity contribution in [2.24, 2.45) is 0 Å². The number of nitrogens with zero attached hydrogens (tertiary/aromatic N) is 2. The SMILES string of the molecule is CN1C(=O)Cc2cc(S(=O)(=O)N3CCC(Oc4ccccc4)CC3)ccc21. The summed E-state index contributed by atoms with van der Waals surface area (Å²) < 4.78 is 33.5. The van der Waals surface area contributed by atoms with Crippen molar-refractivity contribution in [3.05, 3.63) is 54.1 Å². The van der Waals surface area contributed by atoms with Gasteiger partial charge in [0.15, 0.2) is 0 Å². The molecule has 0 aliphatic carbocycles. The lowest BCUT2D eigenvalue weighted by atomic mass is 10.1. The lowest BCUT2D eigenvalue weighted by Gasteiger charge is -2.31. The molecule has 2 aliphatic heterocycles. The van der Waals surface area contributed by atoms with Crippen molar-refractivity contribution in [1.82, 2.24) is 4.31 Å². The van der Waals surface area contributed by atoms with Gasteiger partial charge in [-0.25, -0.2) is 8.42 Å². The predicted molar refractivity (Wildman–Crippen MR) is 102 cm³/mol. The Labute approximate surface area is 159 Å². The van der Waals surface area contributed by atoms with Gasteiger partial charge in [-0.3, -0.25) is 4.79 Å². The van der Waals surface area contributed by atoms with Gasteiger partial charge in [0.25, 0.3) is 0 Å². The molecule has 0 radical (unpaired) electrons. The predicted octanol–water partition coefficient (Wildman–Crippen LogP) is 2.44. The largest absolute Gasteiger partial charge is 0.490 e. The van der Waals surface area contributed by atoms with Gasteiger partial charge in [-0.15, -0.1) is 0 Å². The number of likely N-dealkylation sites (N-methyl/N-ethyl adjacent to an activating group) is 1. The summed E-state index contributed by atoms with van der Waals surface area (Å²) in [4.78, 5) is 13.7. The second-order valence-electron chi connectivity index (χ2n) is 6.95. The van der Waals surface area contributed by atoms with Crippen LogP contribution in [-0.4, -0.2) is 44.9 Å². The quantitative estimate of drug-likeness (QED) is 0.810. The molecule has 2 aromatic carbocycles. The van der Waals surface area contributed by atoms with Gasteiger partial charge in [0.1, 0.15) is 11.9 Å². The van der Waals surface area contributed by atoms with Crippen molar-refractivity contribution in [2.45, 2.75) is 30.3 Å². The van der Waals surface area contributed by atoms with E-state index < -0.39 is 10.0 Å². The van der Waals surface area contributed by atoms with E-state index in [0.29, 0.717) is 25.9 Å². The highest BCUT2D eigenvalue weighted by Crippen LogP contribution is 2.31. The summed E-state index contributed by atoms with van der Waals surface area (Å²) in [5.74, 6) is 0.796. The highest BCUT2D eigenvalue weighted by Gasteiger charge is 2.32. The number of fused-ring (bicyclic) bond motifs is 1. The highest BCUT2D eigenvalue weighted by molar-refractivity contribution is 7.89. The van der Waals surface area contributed by atoms with Crippen LogP contribution in [0.2, 0.25) is 0 Å².